The van der Waals surface area contributed by atoms with Gasteiger partial charge in [-0.3, -0.25) is 4.79 Å². The third-order valence-electron chi connectivity index (χ3n) is 3.42. The van der Waals surface area contributed by atoms with Gasteiger partial charge in [-0.25, -0.2) is 0 Å². The van der Waals surface area contributed by atoms with Gasteiger partial charge < -0.3 is 10.8 Å². The lowest BCUT2D eigenvalue weighted by molar-refractivity contribution is -0.125. The molecular formula is C10H19NO2. The van der Waals surface area contributed by atoms with Gasteiger partial charge in [0.05, 0.1) is 6.10 Å². The first kappa shape index (κ1) is 10.5. The zero-order valence-electron chi connectivity index (χ0n) is 8.79. The minimum Gasteiger partial charge on any atom is -0.392 e. The van der Waals surface area contributed by atoms with Gasteiger partial charge in [-0.05, 0) is 11.8 Å². The molecule has 3 nitrogen and oxygen atoms in total. The van der Waals surface area contributed by atoms with Gasteiger partial charge in [0.1, 0.15) is 0 Å². The predicted octanol–water partition coefficient (Wildman–Crippen LogP) is 0.905. The topological polar surface area (TPSA) is 63.3 Å². The largest absolute Gasteiger partial charge is 0.392 e. The summed E-state index contributed by atoms with van der Waals surface area (Å²) < 4.78 is 0. The fourth-order valence-corrected chi connectivity index (χ4v) is 2.57. The first-order valence-electron chi connectivity index (χ1n) is 4.67. The molecule has 0 aromatic rings. The maximum atomic E-state index is 11.2. The molecule has 1 saturated carbocycles. The Labute approximate surface area is 79.3 Å². The van der Waals surface area contributed by atoms with Crippen LogP contribution in [-0.2, 0) is 4.79 Å². The Hall–Kier alpha value is -0.570. The first-order valence-corrected chi connectivity index (χ1v) is 4.67. The summed E-state index contributed by atoms with van der Waals surface area (Å²) in [6.45, 7) is 7.76. The molecule has 0 aliphatic heterocycles. The van der Waals surface area contributed by atoms with Gasteiger partial charge >= 0.3 is 0 Å². The second-order valence-corrected chi connectivity index (χ2v) is 5.37. The van der Waals surface area contributed by atoms with Crippen LogP contribution in [0.1, 0.15) is 34.1 Å². The van der Waals surface area contributed by atoms with E-state index >= 15 is 0 Å². The van der Waals surface area contributed by atoms with E-state index in [0.717, 1.165) is 0 Å². The van der Waals surface area contributed by atoms with Crippen LogP contribution >= 0.6 is 0 Å². The molecule has 2 atom stereocenters. The fraction of sp³-hybridized carbons (Fsp3) is 0.900. The van der Waals surface area contributed by atoms with Crippen LogP contribution in [0, 0.1) is 16.7 Å². The average Bonchev–Trinajstić information content (AvgIpc) is 2.11. The summed E-state index contributed by atoms with van der Waals surface area (Å²) in [7, 11) is 0. The molecule has 1 aliphatic rings. The highest BCUT2D eigenvalue weighted by atomic mass is 16.3. The Kier molecular flexibility index (Phi) is 2.19. The molecule has 0 unspecified atom stereocenters. The lowest BCUT2D eigenvalue weighted by atomic mass is 9.78. The van der Waals surface area contributed by atoms with Crippen molar-refractivity contribution >= 4 is 5.91 Å². The Morgan fingerprint density at radius 3 is 2.00 bits per heavy atom. The number of hydrogen-bond acceptors (Lipinski definition) is 2. The molecule has 1 amide bonds. The van der Waals surface area contributed by atoms with Crippen molar-refractivity contribution in [3.63, 3.8) is 0 Å². The van der Waals surface area contributed by atoms with E-state index in [2.05, 4.69) is 0 Å². The second kappa shape index (κ2) is 2.71. The summed E-state index contributed by atoms with van der Waals surface area (Å²) in [6.07, 6.45) is 0.216. The van der Waals surface area contributed by atoms with Gasteiger partial charge in [-0.15, -0.1) is 0 Å². The third-order valence-corrected chi connectivity index (χ3v) is 3.42. The molecule has 3 heteroatoms. The van der Waals surface area contributed by atoms with E-state index in [-0.39, 0.29) is 17.2 Å². The van der Waals surface area contributed by atoms with Crippen LogP contribution in [0.25, 0.3) is 0 Å². The molecule has 0 radical (unpaired) electrons. The van der Waals surface area contributed by atoms with Crippen molar-refractivity contribution in [3.05, 3.63) is 0 Å². The van der Waals surface area contributed by atoms with Gasteiger partial charge in [-0.2, -0.15) is 0 Å². The highest BCUT2D eigenvalue weighted by Crippen LogP contribution is 2.52. The number of rotatable bonds is 1. The number of nitrogens with two attached hydrogens (primary N) is 1. The summed E-state index contributed by atoms with van der Waals surface area (Å²) in [5.74, 6) is -0.507. The summed E-state index contributed by atoms with van der Waals surface area (Å²) >= 11 is 0. The van der Waals surface area contributed by atoms with E-state index in [4.69, 9.17) is 5.73 Å². The molecule has 0 heterocycles. The normalized spacial score (nSPS) is 36.1. The zero-order chi connectivity index (χ0) is 10.4. The van der Waals surface area contributed by atoms with Crippen molar-refractivity contribution in [1.29, 1.82) is 0 Å². The Morgan fingerprint density at radius 1 is 1.38 bits per heavy atom. The number of carbonyl (C=O) groups is 1. The van der Waals surface area contributed by atoms with Crippen LogP contribution in [0.5, 0.6) is 0 Å². The van der Waals surface area contributed by atoms with Crippen molar-refractivity contribution < 1.29 is 9.90 Å². The smallest absolute Gasteiger partial charge is 0.221 e. The Morgan fingerprint density at radius 2 is 1.85 bits per heavy atom. The molecule has 0 spiro atoms. The standard InChI is InChI=1S/C10H19NO2/c1-9(2)5-6(7(11)12)10(3,4)8(9)13/h6,8,13H,5H2,1-4H3,(H2,11,12)/t6-,8-/m0/s1. The molecule has 0 saturated heterocycles. The summed E-state index contributed by atoms with van der Waals surface area (Å²) in [6, 6.07) is 0. The van der Waals surface area contributed by atoms with Gasteiger partial charge in [-0.1, -0.05) is 27.7 Å². The van der Waals surface area contributed by atoms with Gasteiger partial charge in [0, 0.05) is 11.3 Å². The van der Waals surface area contributed by atoms with Crippen LogP contribution < -0.4 is 5.73 Å². The maximum absolute atomic E-state index is 11.2. The number of aliphatic hydroxyl groups is 1. The Bertz CT molecular complexity index is 233. The molecule has 1 rings (SSSR count). The van der Waals surface area contributed by atoms with Crippen molar-refractivity contribution in [2.24, 2.45) is 22.5 Å². The van der Waals surface area contributed by atoms with Crippen LogP contribution in [0.3, 0.4) is 0 Å². The molecule has 0 aromatic heterocycles. The summed E-state index contributed by atoms with van der Waals surface area (Å²) in [5.41, 5.74) is 4.71. The molecule has 1 fully saturated rings. The molecule has 13 heavy (non-hydrogen) atoms. The van der Waals surface area contributed by atoms with Crippen LogP contribution in [-0.4, -0.2) is 17.1 Å². The molecular weight excluding hydrogens is 166 g/mol. The molecule has 0 aromatic carbocycles. The van der Waals surface area contributed by atoms with Crippen molar-refractivity contribution in [2.75, 3.05) is 0 Å². The van der Waals surface area contributed by atoms with Crippen molar-refractivity contribution in [1.82, 2.24) is 0 Å². The van der Waals surface area contributed by atoms with Gasteiger partial charge in [0.2, 0.25) is 5.91 Å². The molecule has 0 bridgehead atoms. The predicted molar refractivity (Wildman–Crippen MR) is 50.9 cm³/mol. The lowest BCUT2D eigenvalue weighted by Crippen LogP contribution is -2.38. The van der Waals surface area contributed by atoms with E-state index in [0.29, 0.717) is 6.42 Å². The van der Waals surface area contributed by atoms with Crippen LogP contribution in [0.15, 0.2) is 0 Å². The average molecular weight is 185 g/mol. The van der Waals surface area contributed by atoms with E-state index in [9.17, 15) is 9.90 Å². The van der Waals surface area contributed by atoms with Gasteiger partial charge in [0.25, 0.3) is 0 Å². The summed E-state index contributed by atoms with van der Waals surface area (Å²) in [4.78, 5) is 11.2. The lowest BCUT2D eigenvalue weighted by Gasteiger charge is -2.31. The summed E-state index contributed by atoms with van der Waals surface area (Å²) in [5, 5.41) is 10.00. The fourth-order valence-electron chi connectivity index (χ4n) is 2.57. The third kappa shape index (κ3) is 1.46. The van der Waals surface area contributed by atoms with Crippen LogP contribution in [0.4, 0.5) is 0 Å². The number of aliphatic hydroxyl groups excluding tert-OH is 1. The monoisotopic (exact) mass is 185 g/mol. The van der Waals surface area contributed by atoms with E-state index in [1.165, 1.54) is 0 Å². The highest BCUT2D eigenvalue weighted by Gasteiger charge is 2.54. The minimum absolute atomic E-state index is 0.205. The number of amides is 1. The number of carbonyl (C=O) groups excluding carboxylic acids is 1. The molecule has 76 valence electrons. The molecule has 3 N–H and O–H groups in total. The zero-order valence-corrected chi connectivity index (χ0v) is 8.79. The Balaban J connectivity index is 3.00. The second-order valence-electron chi connectivity index (χ2n) is 5.37. The van der Waals surface area contributed by atoms with Crippen molar-refractivity contribution in [2.45, 2.75) is 40.2 Å². The minimum atomic E-state index is -0.461. The van der Waals surface area contributed by atoms with Crippen molar-refractivity contribution in [3.8, 4) is 0 Å². The number of primary amides is 1. The SMILES string of the molecule is CC1(C)C[C@@H](C(N)=O)C(C)(C)[C@H]1O. The maximum Gasteiger partial charge on any atom is 0.221 e. The van der Waals surface area contributed by atoms with Gasteiger partial charge in [0.15, 0.2) is 0 Å². The molecule has 1 aliphatic carbocycles. The first-order chi connectivity index (χ1) is 5.69. The van der Waals surface area contributed by atoms with E-state index in [1.807, 2.05) is 27.7 Å². The quantitative estimate of drug-likeness (QED) is 0.637. The van der Waals surface area contributed by atoms with Crippen LogP contribution in [0.2, 0.25) is 0 Å². The number of hydrogen-bond donors (Lipinski definition) is 2. The van der Waals surface area contributed by atoms with E-state index in [1.54, 1.807) is 0 Å². The van der Waals surface area contributed by atoms with E-state index < -0.39 is 11.5 Å². The highest BCUT2D eigenvalue weighted by molar-refractivity contribution is 5.78.